The van der Waals surface area contributed by atoms with Crippen LogP contribution in [0.3, 0.4) is 0 Å². The fourth-order valence-electron chi connectivity index (χ4n) is 3.28. The predicted molar refractivity (Wildman–Crippen MR) is 106 cm³/mol. The van der Waals surface area contributed by atoms with Crippen molar-refractivity contribution in [2.75, 3.05) is 27.9 Å². The highest BCUT2D eigenvalue weighted by molar-refractivity contribution is 6.03. The average Bonchev–Trinajstić information content (AvgIpc) is 3.19. The number of rotatable bonds is 8. The molecule has 0 spiro atoms. The number of H-pyrrole nitrogens is 1. The number of aromatic hydroxyl groups is 1. The maximum Gasteiger partial charge on any atom is 0.331 e. The Hall–Kier alpha value is -3.27. The predicted octanol–water partition coefficient (Wildman–Crippen LogP) is 0.735. The minimum Gasteiger partial charge on any atom is -0.497 e. The van der Waals surface area contributed by atoms with Gasteiger partial charge in [0.15, 0.2) is 0 Å². The Morgan fingerprint density at radius 3 is 2.72 bits per heavy atom. The molecule has 2 heterocycles. The summed E-state index contributed by atoms with van der Waals surface area (Å²) in [6.07, 6.45) is 0.820. The zero-order valence-corrected chi connectivity index (χ0v) is 16.5. The zero-order valence-electron chi connectivity index (χ0n) is 16.5. The van der Waals surface area contributed by atoms with Crippen molar-refractivity contribution in [1.29, 1.82) is 0 Å². The molecule has 0 saturated heterocycles. The number of hydrazone groups is 1. The molecule has 1 aliphatic heterocycles. The van der Waals surface area contributed by atoms with Crippen molar-refractivity contribution in [3.63, 3.8) is 0 Å². The largest absolute Gasteiger partial charge is 0.497 e. The van der Waals surface area contributed by atoms with Crippen LogP contribution in [-0.2, 0) is 11.3 Å². The average molecular weight is 404 g/mol. The molecule has 3 rings (SSSR count). The third kappa shape index (κ3) is 4.11. The van der Waals surface area contributed by atoms with Crippen LogP contribution < -0.4 is 26.1 Å². The molecule has 0 radical (unpaired) electrons. The molecule has 29 heavy (non-hydrogen) atoms. The third-order valence-electron chi connectivity index (χ3n) is 4.76. The fourth-order valence-corrected chi connectivity index (χ4v) is 3.28. The number of methoxy groups -OCH3 is 3. The zero-order chi connectivity index (χ0) is 21.0. The number of hydrogen-bond acceptors (Lipinski definition) is 8. The summed E-state index contributed by atoms with van der Waals surface area (Å²) in [7, 11) is 4.68. The molecule has 1 aromatic carbocycles. The molecule has 0 unspecified atom stereocenters. The van der Waals surface area contributed by atoms with Crippen LogP contribution in [0.4, 0.5) is 0 Å². The summed E-state index contributed by atoms with van der Waals surface area (Å²) < 4.78 is 16.8. The second kappa shape index (κ2) is 8.82. The van der Waals surface area contributed by atoms with Crippen LogP contribution in [0.15, 0.2) is 32.9 Å². The van der Waals surface area contributed by atoms with E-state index in [2.05, 4.69) is 15.5 Å². The third-order valence-corrected chi connectivity index (χ3v) is 4.76. The maximum absolute atomic E-state index is 12.4. The Kier molecular flexibility index (Phi) is 6.23. The minimum atomic E-state index is -0.686. The van der Waals surface area contributed by atoms with Crippen LogP contribution in [0.2, 0.25) is 0 Å². The second-order valence-corrected chi connectivity index (χ2v) is 6.51. The fraction of sp³-hybridized carbons (Fsp3) is 0.421. The summed E-state index contributed by atoms with van der Waals surface area (Å²) in [6.45, 7) is 0.622. The first kappa shape index (κ1) is 20.5. The Labute approximate surface area is 166 Å². The highest BCUT2D eigenvalue weighted by atomic mass is 16.5. The van der Waals surface area contributed by atoms with Crippen molar-refractivity contribution in [2.45, 2.75) is 25.4 Å². The van der Waals surface area contributed by atoms with Crippen molar-refractivity contribution >= 4 is 5.71 Å². The molecular weight excluding hydrogens is 380 g/mol. The van der Waals surface area contributed by atoms with Gasteiger partial charge in [-0.1, -0.05) is 0 Å². The normalized spacial score (nSPS) is 15.7. The number of nitrogens with one attached hydrogen (secondary N) is 2. The van der Waals surface area contributed by atoms with Gasteiger partial charge < -0.3 is 24.7 Å². The lowest BCUT2D eigenvalue weighted by molar-refractivity contribution is 0.188. The second-order valence-electron chi connectivity index (χ2n) is 6.51. The summed E-state index contributed by atoms with van der Waals surface area (Å²) in [6, 6.07) is 5.10. The smallest absolute Gasteiger partial charge is 0.331 e. The first-order valence-corrected chi connectivity index (χ1v) is 9.09. The number of hydrogen-bond donors (Lipinski definition) is 3. The van der Waals surface area contributed by atoms with Gasteiger partial charge in [0.25, 0.3) is 5.56 Å². The topological polar surface area (TPSA) is 127 Å². The lowest BCUT2D eigenvalue weighted by Crippen LogP contribution is -2.34. The number of benzene rings is 1. The minimum absolute atomic E-state index is 0.0288. The molecule has 10 nitrogen and oxygen atoms in total. The Morgan fingerprint density at radius 2 is 2.03 bits per heavy atom. The van der Waals surface area contributed by atoms with Crippen molar-refractivity contribution in [1.82, 2.24) is 15.0 Å². The first-order chi connectivity index (χ1) is 14.0. The summed E-state index contributed by atoms with van der Waals surface area (Å²) in [5.41, 5.74) is 2.73. The number of aromatic amines is 1. The van der Waals surface area contributed by atoms with Crippen LogP contribution >= 0.6 is 0 Å². The first-order valence-electron chi connectivity index (χ1n) is 9.09. The number of aromatic nitrogens is 2. The SMILES string of the molecule is COCCCn1c(O)c(C2=NN[C@H](c3cc(OC)ccc3OC)C2)c(=O)[nH]c1=O. The molecule has 0 saturated carbocycles. The van der Waals surface area contributed by atoms with E-state index in [-0.39, 0.29) is 18.2 Å². The van der Waals surface area contributed by atoms with Crippen LogP contribution in [0.1, 0.15) is 30.0 Å². The van der Waals surface area contributed by atoms with Gasteiger partial charge in [0.05, 0.1) is 26.0 Å². The molecule has 1 aliphatic rings. The highest BCUT2D eigenvalue weighted by Crippen LogP contribution is 2.34. The van der Waals surface area contributed by atoms with E-state index in [1.54, 1.807) is 33.5 Å². The van der Waals surface area contributed by atoms with Gasteiger partial charge in [-0.25, -0.2) is 4.79 Å². The van der Waals surface area contributed by atoms with Gasteiger partial charge in [0, 0.05) is 32.2 Å². The van der Waals surface area contributed by atoms with Gasteiger partial charge in [0.1, 0.15) is 17.1 Å². The van der Waals surface area contributed by atoms with E-state index in [0.717, 1.165) is 10.1 Å². The van der Waals surface area contributed by atoms with E-state index in [9.17, 15) is 14.7 Å². The quantitative estimate of drug-likeness (QED) is 0.554. The molecule has 3 N–H and O–H groups in total. The number of ether oxygens (including phenoxy) is 3. The lowest BCUT2D eigenvalue weighted by Gasteiger charge is -2.16. The summed E-state index contributed by atoms with van der Waals surface area (Å²) in [5, 5.41) is 14.8. The molecule has 10 heteroatoms. The van der Waals surface area contributed by atoms with Crippen LogP contribution in [0.25, 0.3) is 0 Å². The van der Waals surface area contributed by atoms with Crippen LogP contribution in [0.5, 0.6) is 17.4 Å². The summed E-state index contributed by atoms with van der Waals surface area (Å²) in [4.78, 5) is 26.7. The van der Waals surface area contributed by atoms with Gasteiger partial charge in [-0.05, 0) is 24.6 Å². The van der Waals surface area contributed by atoms with Crippen LogP contribution in [-0.4, -0.2) is 48.3 Å². The van der Waals surface area contributed by atoms with E-state index < -0.39 is 17.1 Å². The Balaban J connectivity index is 1.91. The highest BCUT2D eigenvalue weighted by Gasteiger charge is 2.29. The summed E-state index contributed by atoms with van der Waals surface area (Å²) >= 11 is 0. The van der Waals surface area contributed by atoms with E-state index in [0.29, 0.717) is 36.7 Å². The van der Waals surface area contributed by atoms with Crippen molar-refractivity contribution in [3.05, 3.63) is 50.2 Å². The molecule has 156 valence electrons. The Bertz CT molecular complexity index is 1030. The van der Waals surface area contributed by atoms with E-state index in [1.807, 2.05) is 6.07 Å². The van der Waals surface area contributed by atoms with Crippen molar-refractivity contribution < 1.29 is 19.3 Å². The molecule has 0 bridgehead atoms. The molecular formula is C19H24N4O6. The molecule has 1 aromatic heterocycles. The molecule has 0 amide bonds. The maximum atomic E-state index is 12.4. The lowest BCUT2D eigenvalue weighted by atomic mass is 9.99. The molecule has 0 aliphatic carbocycles. The van der Waals surface area contributed by atoms with Crippen molar-refractivity contribution in [2.24, 2.45) is 5.10 Å². The van der Waals surface area contributed by atoms with Gasteiger partial charge in [0.2, 0.25) is 5.88 Å². The standard InChI is InChI=1S/C19H24N4O6/c1-27-8-4-7-23-18(25)16(17(24)20-19(23)26)14-10-13(21-22-14)12-9-11(28-2)5-6-15(12)29-3/h5-6,9,13,21,25H,4,7-8,10H2,1-3H3,(H,20,24,26)/t13-/m0/s1. The van der Waals surface area contributed by atoms with Gasteiger partial charge in [-0.3, -0.25) is 14.3 Å². The monoisotopic (exact) mass is 404 g/mol. The molecule has 2 aromatic rings. The summed E-state index contributed by atoms with van der Waals surface area (Å²) in [5.74, 6) is 0.888. The van der Waals surface area contributed by atoms with Gasteiger partial charge in [-0.2, -0.15) is 5.10 Å². The number of nitrogens with zero attached hydrogens (tertiary/aromatic N) is 2. The molecule has 0 fully saturated rings. The molecule has 1 atom stereocenters. The van der Waals surface area contributed by atoms with Gasteiger partial charge in [-0.15, -0.1) is 0 Å². The van der Waals surface area contributed by atoms with Crippen molar-refractivity contribution in [3.8, 4) is 17.4 Å². The van der Waals surface area contributed by atoms with E-state index >= 15 is 0 Å². The van der Waals surface area contributed by atoms with E-state index in [1.165, 1.54) is 0 Å². The van der Waals surface area contributed by atoms with E-state index in [4.69, 9.17) is 14.2 Å². The van der Waals surface area contributed by atoms with Gasteiger partial charge >= 0.3 is 5.69 Å². The Morgan fingerprint density at radius 1 is 1.24 bits per heavy atom. The van der Waals surface area contributed by atoms with Crippen LogP contribution in [0, 0.1) is 0 Å².